The SMILES string of the molecule is CCc1ccc(C(=O)Nc2sccc2C(=O)NC2CC3CCC(C2)N3)cc1.Cl. The van der Waals surface area contributed by atoms with Gasteiger partial charge in [0.25, 0.3) is 11.8 Å². The van der Waals surface area contributed by atoms with Gasteiger partial charge in [-0.3, -0.25) is 9.59 Å². The second-order valence-electron chi connectivity index (χ2n) is 7.45. The van der Waals surface area contributed by atoms with E-state index in [0.29, 0.717) is 28.2 Å². The average molecular weight is 420 g/mol. The first-order valence-corrected chi connectivity index (χ1v) is 10.5. The van der Waals surface area contributed by atoms with E-state index >= 15 is 0 Å². The third-order valence-corrected chi connectivity index (χ3v) is 6.40. The largest absolute Gasteiger partial charge is 0.349 e. The molecule has 1 aromatic heterocycles. The fourth-order valence-electron chi connectivity index (χ4n) is 4.09. The van der Waals surface area contributed by atoms with Gasteiger partial charge in [0, 0.05) is 23.7 Å². The number of piperidine rings is 1. The molecule has 0 aliphatic carbocycles. The lowest BCUT2D eigenvalue weighted by molar-refractivity contribution is 0.0925. The summed E-state index contributed by atoms with van der Waals surface area (Å²) in [6.45, 7) is 2.08. The van der Waals surface area contributed by atoms with Gasteiger partial charge in [0.2, 0.25) is 0 Å². The van der Waals surface area contributed by atoms with Crippen LogP contribution in [0.2, 0.25) is 0 Å². The van der Waals surface area contributed by atoms with E-state index in [4.69, 9.17) is 0 Å². The van der Waals surface area contributed by atoms with E-state index < -0.39 is 0 Å². The molecule has 2 bridgehead atoms. The van der Waals surface area contributed by atoms with Crippen LogP contribution in [0, 0.1) is 0 Å². The molecule has 7 heteroatoms. The second kappa shape index (κ2) is 9.07. The van der Waals surface area contributed by atoms with Gasteiger partial charge in [-0.15, -0.1) is 23.7 Å². The highest BCUT2D eigenvalue weighted by molar-refractivity contribution is 7.14. The van der Waals surface area contributed by atoms with Crippen molar-refractivity contribution < 1.29 is 9.59 Å². The normalized spacial score (nSPS) is 23.0. The van der Waals surface area contributed by atoms with E-state index in [9.17, 15) is 9.59 Å². The Morgan fingerprint density at radius 2 is 1.75 bits per heavy atom. The molecule has 0 radical (unpaired) electrons. The molecule has 3 heterocycles. The number of hydrogen-bond donors (Lipinski definition) is 3. The Hall–Kier alpha value is -1.89. The molecule has 2 aliphatic heterocycles. The Bertz CT molecular complexity index is 824. The summed E-state index contributed by atoms with van der Waals surface area (Å²) in [7, 11) is 0. The van der Waals surface area contributed by atoms with Crippen LogP contribution < -0.4 is 16.0 Å². The fraction of sp³-hybridized carbons (Fsp3) is 0.429. The zero-order chi connectivity index (χ0) is 18.8. The summed E-state index contributed by atoms with van der Waals surface area (Å²) < 4.78 is 0. The molecular formula is C21H26ClN3O2S. The van der Waals surface area contributed by atoms with Crippen LogP contribution in [-0.4, -0.2) is 29.9 Å². The molecule has 2 amide bonds. The Labute approximate surface area is 175 Å². The molecule has 0 saturated carbocycles. The van der Waals surface area contributed by atoms with E-state index in [-0.39, 0.29) is 30.3 Å². The van der Waals surface area contributed by atoms with Crippen molar-refractivity contribution in [1.82, 2.24) is 10.6 Å². The molecule has 3 N–H and O–H groups in total. The van der Waals surface area contributed by atoms with Crippen LogP contribution in [0.1, 0.15) is 58.9 Å². The zero-order valence-corrected chi connectivity index (χ0v) is 17.5. The number of nitrogens with one attached hydrogen (secondary N) is 3. The number of carbonyl (C=O) groups excluding carboxylic acids is 2. The molecule has 5 nitrogen and oxygen atoms in total. The maximum Gasteiger partial charge on any atom is 0.256 e. The van der Waals surface area contributed by atoms with Gasteiger partial charge >= 0.3 is 0 Å². The Balaban J connectivity index is 0.00000225. The highest BCUT2D eigenvalue weighted by atomic mass is 35.5. The summed E-state index contributed by atoms with van der Waals surface area (Å²) in [5.41, 5.74) is 2.34. The molecule has 2 fully saturated rings. The first-order valence-electron chi connectivity index (χ1n) is 9.67. The van der Waals surface area contributed by atoms with Gasteiger partial charge in [0.1, 0.15) is 5.00 Å². The lowest BCUT2D eigenvalue weighted by atomic mass is 9.99. The first kappa shape index (κ1) is 20.8. The van der Waals surface area contributed by atoms with Crippen LogP contribution in [0.15, 0.2) is 35.7 Å². The smallest absolute Gasteiger partial charge is 0.256 e. The molecule has 0 spiro atoms. The third-order valence-electron chi connectivity index (χ3n) is 5.57. The van der Waals surface area contributed by atoms with Crippen LogP contribution in [0.4, 0.5) is 5.00 Å². The number of rotatable bonds is 5. The summed E-state index contributed by atoms with van der Waals surface area (Å²) >= 11 is 1.38. The number of amides is 2. The summed E-state index contributed by atoms with van der Waals surface area (Å²) in [6, 6.07) is 10.6. The van der Waals surface area contributed by atoms with Gasteiger partial charge in [-0.2, -0.15) is 0 Å². The average Bonchev–Trinajstić information content (AvgIpc) is 3.27. The minimum Gasteiger partial charge on any atom is -0.349 e. The minimum absolute atomic E-state index is 0. The van der Waals surface area contributed by atoms with Crippen molar-refractivity contribution >= 4 is 40.6 Å². The topological polar surface area (TPSA) is 70.2 Å². The number of anilines is 1. The predicted octanol–water partition coefficient (Wildman–Crippen LogP) is 4.00. The monoisotopic (exact) mass is 419 g/mol. The number of fused-ring (bicyclic) bond motifs is 2. The molecule has 4 rings (SSSR count). The Morgan fingerprint density at radius 3 is 2.39 bits per heavy atom. The number of halogens is 1. The number of thiophene rings is 1. The fourth-order valence-corrected chi connectivity index (χ4v) is 4.87. The van der Waals surface area contributed by atoms with Crippen molar-refractivity contribution in [2.75, 3.05) is 5.32 Å². The standard InChI is InChI=1S/C21H25N3O2S.ClH/c1-2-13-3-5-14(6-4-13)19(25)24-21-18(9-10-27-21)20(26)23-17-11-15-7-8-16(12-17)22-15;/h3-6,9-10,15-17,22H,2,7-8,11-12H2,1H3,(H,23,26)(H,24,25);1H. The molecule has 2 saturated heterocycles. The molecule has 150 valence electrons. The van der Waals surface area contributed by atoms with Crippen LogP contribution in [0.5, 0.6) is 0 Å². The van der Waals surface area contributed by atoms with Gasteiger partial charge in [-0.25, -0.2) is 0 Å². The van der Waals surface area contributed by atoms with Crippen molar-refractivity contribution in [1.29, 1.82) is 0 Å². The lowest BCUT2D eigenvalue weighted by Gasteiger charge is -2.29. The summed E-state index contributed by atoms with van der Waals surface area (Å²) in [4.78, 5) is 25.3. The van der Waals surface area contributed by atoms with Crippen molar-refractivity contribution in [3.63, 3.8) is 0 Å². The summed E-state index contributed by atoms with van der Waals surface area (Å²) in [5, 5.41) is 12.1. The van der Waals surface area contributed by atoms with Gasteiger partial charge in [0.05, 0.1) is 5.56 Å². The molecule has 2 unspecified atom stereocenters. The van der Waals surface area contributed by atoms with Crippen LogP contribution in [0.25, 0.3) is 0 Å². The number of aryl methyl sites for hydroxylation is 1. The van der Waals surface area contributed by atoms with Crippen molar-refractivity contribution in [3.05, 3.63) is 52.4 Å². The number of hydrogen-bond acceptors (Lipinski definition) is 4. The molecule has 2 atom stereocenters. The van der Waals surface area contributed by atoms with Crippen LogP contribution >= 0.6 is 23.7 Å². The summed E-state index contributed by atoms with van der Waals surface area (Å²) in [6.07, 6.45) is 5.31. The third kappa shape index (κ3) is 4.57. The van der Waals surface area contributed by atoms with Crippen LogP contribution in [-0.2, 0) is 6.42 Å². The maximum absolute atomic E-state index is 12.8. The molecule has 28 heavy (non-hydrogen) atoms. The molecular weight excluding hydrogens is 394 g/mol. The van der Waals surface area contributed by atoms with Crippen molar-refractivity contribution in [2.24, 2.45) is 0 Å². The van der Waals surface area contributed by atoms with E-state index in [2.05, 4.69) is 22.9 Å². The van der Waals surface area contributed by atoms with Gasteiger partial charge in [0.15, 0.2) is 0 Å². The highest BCUT2D eigenvalue weighted by Crippen LogP contribution is 2.28. The maximum atomic E-state index is 12.8. The number of benzene rings is 1. The number of carbonyl (C=O) groups is 2. The van der Waals surface area contributed by atoms with E-state index in [1.165, 1.54) is 29.7 Å². The van der Waals surface area contributed by atoms with Gasteiger partial charge in [-0.05, 0) is 61.2 Å². The first-order chi connectivity index (χ1) is 13.1. The van der Waals surface area contributed by atoms with E-state index in [1.807, 2.05) is 29.6 Å². The minimum atomic E-state index is -0.186. The predicted molar refractivity (Wildman–Crippen MR) is 116 cm³/mol. The Morgan fingerprint density at radius 1 is 1.07 bits per heavy atom. The zero-order valence-electron chi connectivity index (χ0n) is 15.9. The van der Waals surface area contributed by atoms with Crippen molar-refractivity contribution in [3.8, 4) is 0 Å². The quantitative estimate of drug-likeness (QED) is 0.686. The molecule has 1 aromatic carbocycles. The van der Waals surface area contributed by atoms with Gasteiger partial charge in [-0.1, -0.05) is 19.1 Å². The molecule has 2 aromatic rings. The highest BCUT2D eigenvalue weighted by Gasteiger charge is 2.34. The second-order valence-corrected chi connectivity index (χ2v) is 8.36. The molecule has 2 aliphatic rings. The summed E-state index contributed by atoms with van der Waals surface area (Å²) in [5.74, 6) is -0.284. The lowest BCUT2D eigenvalue weighted by Crippen LogP contribution is -2.48. The van der Waals surface area contributed by atoms with Crippen molar-refractivity contribution in [2.45, 2.75) is 57.2 Å². The van der Waals surface area contributed by atoms with Crippen LogP contribution in [0.3, 0.4) is 0 Å². The van der Waals surface area contributed by atoms with E-state index in [1.54, 1.807) is 6.07 Å². The Kier molecular flexibility index (Phi) is 6.75. The van der Waals surface area contributed by atoms with Gasteiger partial charge < -0.3 is 16.0 Å². The van der Waals surface area contributed by atoms with E-state index in [0.717, 1.165) is 19.3 Å².